The van der Waals surface area contributed by atoms with E-state index >= 15 is 0 Å². The third-order valence-corrected chi connectivity index (χ3v) is 9.24. The van der Waals surface area contributed by atoms with Gasteiger partial charge in [0.05, 0.1) is 11.0 Å². The molecule has 2 heterocycles. The van der Waals surface area contributed by atoms with Gasteiger partial charge in [-0.05, 0) is 92.8 Å². The minimum absolute atomic E-state index is 0.272. The number of hydrogen-bond donors (Lipinski definition) is 5. The number of fused-ring (bicyclic) bond motifs is 4. The molecule has 2 amide bonds. The van der Waals surface area contributed by atoms with Crippen molar-refractivity contribution in [3.05, 3.63) is 100 Å². The van der Waals surface area contributed by atoms with Crippen LogP contribution in [0, 0.1) is 0 Å². The number of nitrogens with one attached hydrogen (secondary N) is 4. The Kier molecular flexibility index (Phi) is 8.86. The summed E-state index contributed by atoms with van der Waals surface area (Å²) >= 11 is 0. The molecule has 0 aliphatic heterocycles. The summed E-state index contributed by atoms with van der Waals surface area (Å²) in [6.07, 6.45) is 8.65. The van der Waals surface area contributed by atoms with Crippen LogP contribution in [-0.4, -0.2) is 48.0 Å². The summed E-state index contributed by atoms with van der Waals surface area (Å²) < 4.78 is 0. The maximum atomic E-state index is 13.1. The average Bonchev–Trinajstić information content (AvgIpc) is 3.10. The van der Waals surface area contributed by atoms with Crippen LogP contribution < -0.4 is 27.0 Å². The van der Waals surface area contributed by atoms with Crippen molar-refractivity contribution < 1.29 is 9.59 Å². The molecule has 6 N–H and O–H groups in total. The topological polar surface area (TPSA) is 134 Å². The quantitative estimate of drug-likeness (QED) is 0.0975. The molecule has 9 heteroatoms. The number of pyridine rings is 2. The molecule has 2 aliphatic carbocycles. The van der Waals surface area contributed by atoms with E-state index in [-0.39, 0.29) is 11.8 Å². The highest BCUT2D eigenvalue weighted by Crippen LogP contribution is 2.34. The van der Waals surface area contributed by atoms with Crippen LogP contribution >= 0.6 is 0 Å². The van der Waals surface area contributed by atoms with Crippen LogP contribution in [0.2, 0.25) is 0 Å². The largest absolute Gasteiger partial charge is 0.399 e. The summed E-state index contributed by atoms with van der Waals surface area (Å²) in [5.41, 5.74) is 16.4. The number of para-hydroxylation sites is 2. The minimum Gasteiger partial charge on any atom is -0.399 e. The molecule has 2 aliphatic rings. The van der Waals surface area contributed by atoms with Crippen LogP contribution in [0.1, 0.15) is 68.9 Å². The summed E-state index contributed by atoms with van der Waals surface area (Å²) in [6, 6.07) is 21.2. The summed E-state index contributed by atoms with van der Waals surface area (Å²) in [5.74, 6) is -0.545. The molecular formula is C38H41N7O2. The predicted molar refractivity (Wildman–Crippen MR) is 189 cm³/mol. The molecule has 0 saturated carbocycles. The van der Waals surface area contributed by atoms with Crippen molar-refractivity contribution in [2.75, 3.05) is 42.5 Å². The number of anilines is 3. The number of rotatable bonds is 10. The molecule has 7 rings (SSSR count). The molecule has 0 spiro atoms. The first-order chi connectivity index (χ1) is 23.0. The Morgan fingerprint density at radius 2 is 1.04 bits per heavy atom. The zero-order valence-electron chi connectivity index (χ0n) is 26.6. The van der Waals surface area contributed by atoms with Crippen molar-refractivity contribution in [3.8, 4) is 0 Å². The van der Waals surface area contributed by atoms with Crippen LogP contribution in [0.3, 0.4) is 0 Å². The second kappa shape index (κ2) is 13.7. The lowest BCUT2D eigenvalue weighted by molar-refractivity contribution is 0.0954. The van der Waals surface area contributed by atoms with E-state index in [0.717, 1.165) is 84.5 Å². The molecule has 0 radical (unpaired) electrons. The third kappa shape index (κ3) is 6.56. The predicted octanol–water partition coefficient (Wildman–Crippen LogP) is 5.81. The fourth-order valence-corrected chi connectivity index (χ4v) is 6.99. The van der Waals surface area contributed by atoms with Crippen LogP contribution in [-0.2, 0) is 25.7 Å². The number of aromatic nitrogens is 2. The molecule has 0 fully saturated rings. The molecule has 47 heavy (non-hydrogen) atoms. The number of nitrogens with two attached hydrogens (primary N) is 1. The van der Waals surface area contributed by atoms with Gasteiger partial charge in [0.2, 0.25) is 0 Å². The first-order valence-electron chi connectivity index (χ1n) is 16.8. The molecule has 240 valence electrons. The highest BCUT2D eigenvalue weighted by Gasteiger charge is 2.20. The second-order valence-electron chi connectivity index (χ2n) is 12.5. The fraction of sp³-hybridized carbons (Fsp3) is 0.316. The van der Waals surface area contributed by atoms with E-state index in [1.54, 1.807) is 18.2 Å². The van der Waals surface area contributed by atoms with Gasteiger partial charge in [0.25, 0.3) is 11.8 Å². The second-order valence-corrected chi connectivity index (χ2v) is 12.5. The van der Waals surface area contributed by atoms with Gasteiger partial charge in [-0.25, -0.2) is 0 Å². The van der Waals surface area contributed by atoms with E-state index < -0.39 is 0 Å². The van der Waals surface area contributed by atoms with E-state index in [4.69, 9.17) is 15.7 Å². The molecule has 0 bridgehead atoms. The summed E-state index contributed by atoms with van der Waals surface area (Å²) in [7, 11) is 0. The Balaban J connectivity index is 0.951. The van der Waals surface area contributed by atoms with Gasteiger partial charge < -0.3 is 27.0 Å². The molecule has 2 aromatic heterocycles. The third-order valence-electron chi connectivity index (χ3n) is 9.24. The van der Waals surface area contributed by atoms with E-state index in [0.29, 0.717) is 43.0 Å². The van der Waals surface area contributed by atoms with Gasteiger partial charge in [0.1, 0.15) is 0 Å². The highest BCUT2D eigenvalue weighted by molar-refractivity contribution is 6.01. The number of carbonyl (C=O) groups excluding carboxylic acids is 2. The van der Waals surface area contributed by atoms with Gasteiger partial charge in [0.15, 0.2) is 0 Å². The fourth-order valence-electron chi connectivity index (χ4n) is 6.99. The molecule has 0 saturated heterocycles. The Hall–Kier alpha value is -5.18. The zero-order valence-corrected chi connectivity index (χ0v) is 26.6. The standard InChI is InChI=1S/C38H41N7O2/c39-26-22-24(37(46)42-19-17-40-35-27-9-1-5-13-31(27)44-32-14-6-2-10-28(32)35)21-25(23-26)38(47)43-20-18-41-36-29-11-3-7-15-33(29)45-34-16-8-4-12-30(34)36/h1,3,5,7,9,11,13,15,21-23H,2,4,6,8,10,12,14,16-20,39H2,(H,40,44)(H,41,45)(H,42,46)(H,43,47). The van der Waals surface area contributed by atoms with Crippen LogP contribution in [0.15, 0.2) is 66.7 Å². The number of aryl methyl sites for hydroxylation is 2. The zero-order chi connectivity index (χ0) is 32.2. The molecular weight excluding hydrogens is 586 g/mol. The summed E-state index contributed by atoms with van der Waals surface area (Å²) in [6.45, 7) is 1.95. The number of nitrogens with zero attached hydrogens (tertiary/aromatic N) is 2. The molecule has 0 unspecified atom stereocenters. The lowest BCUT2D eigenvalue weighted by Crippen LogP contribution is -2.31. The van der Waals surface area contributed by atoms with E-state index in [1.165, 1.54) is 22.5 Å². The van der Waals surface area contributed by atoms with Crippen molar-refractivity contribution in [2.24, 2.45) is 0 Å². The first kappa shape index (κ1) is 30.5. The van der Waals surface area contributed by atoms with Crippen molar-refractivity contribution >= 4 is 50.7 Å². The van der Waals surface area contributed by atoms with Crippen molar-refractivity contribution in [1.29, 1.82) is 0 Å². The smallest absolute Gasteiger partial charge is 0.251 e. The van der Waals surface area contributed by atoms with Gasteiger partial charge in [-0.2, -0.15) is 0 Å². The Bertz CT molecular complexity index is 1830. The van der Waals surface area contributed by atoms with Crippen LogP contribution in [0.5, 0.6) is 0 Å². The number of nitrogen functional groups attached to an aromatic ring is 1. The van der Waals surface area contributed by atoms with E-state index in [9.17, 15) is 9.59 Å². The van der Waals surface area contributed by atoms with E-state index in [2.05, 4.69) is 45.5 Å². The van der Waals surface area contributed by atoms with Gasteiger partial charge in [0, 0.05) is 76.5 Å². The summed E-state index contributed by atoms with van der Waals surface area (Å²) in [4.78, 5) is 36.1. The van der Waals surface area contributed by atoms with Crippen LogP contribution in [0.4, 0.5) is 17.1 Å². The van der Waals surface area contributed by atoms with Crippen LogP contribution in [0.25, 0.3) is 21.8 Å². The average molecular weight is 628 g/mol. The lowest BCUT2D eigenvalue weighted by Gasteiger charge is -2.22. The van der Waals surface area contributed by atoms with Gasteiger partial charge >= 0.3 is 0 Å². The Morgan fingerprint density at radius 3 is 1.53 bits per heavy atom. The normalized spacial score (nSPS) is 13.9. The van der Waals surface area contributed by atoms with Crippen molar-refractivity contribution in [1.82, 2.24) is 20.6 Å². The Labute approximate surface area is 274 Å². The summed E-state index contributed by atoms with van der Waals surface area (Å²) in [5, 5.41) is 15.3. The molecule has 3 aromatic carbocycles. The van der Waals surface area contributed by atoms with Gasteiger partial charge in [-0.15, -0.1) is 0 Å². The molecule has 0 atom stereocenters. The number of benzene rings is 3. The van der Waals surface area contributed by atoms with Gasteiger partial charge in [-0.1, -0.05) is 36.4 Å². The maximum absolute atomic E-state index is 13.1. The number of carbonyl (C=O) groups is 2. The minimum atomic E-state index is -0.272. The SMILES string of the molecule is Nc1cc(C(=O)NCCNc2c3c(nc4ccccc24)CCCC3)cc(C(=O)NCCNc2c3c(nc4ccccc24)CCCC3)c1. The van der Waals surface area contributed by atoms with Gasteiger partial charge in [-0.3, -0.25) is 19.6 Å². The first-order valence-corrected chi connectivity index (χ1v) is 16.8. The number of amides is 2. The maximum Gasteiger partial charge on any atom is 0.251 e. The van der Waals surface area contributed by atoms with Crippen molar-refractivity contribution in [3.63, 3.8) is 0 Å². The van der Waals surface area contributed by atoms with Crippen molar-refractivity contribution in [2.45, 2.75) is 51.4 Å². The highest BCUT2D eigenvalue weighted by atomic mass is 16.2. The van der Waals surface area contributed by atoms with E-state index in [1.807, 2.05) is 24.3 Å². The lowest BCUT2D eigenvalue weighted by atomic mass is 9.92. The number of hydrogen-bond acceptors (Lipinski definition) is 7. The molecule has 5 aromatic rings. The monoisotopic (exact) mass is 627 g/mol. The Morgan fingerprint density at radius 1 is 0.596 bits per heavy atom. The molecule has 9 nitrogen and oxygen atoms in total.